The zero-order chi connectivity index (χ0) is 7.68. The second-order valence-electron chi connectivity index (χ2n) is 1.95. The van der Waals surface area contributed by atoms with E-state index in [0.717, 1.165) is 5.82 Å². The van der Waals surface area contributed by atoms with Gasteiger partial charge in [-0.1, -0.05) is 11.6 Å². The SMILES string of the molecule is Clc1cnn(-c2cscn2)c1. The highest BCUT2D eigenvalue weighted by molar-refractivity contribution is 7.07. The molecule has 11 heavy (non-hydrogen) atoms. The third-order valence-electron chi connectivity index (χ3n) is 1.21. The van der Waals surface area contributed by atoms with E-state index >= 15 is 0 Å². The molecule has 0 atom stereocenters. The predicted molar refractivity (Wildman–Crippen MR) is 44.2 cm³/mol. The van der Waals surface area contributed by atoms with Gasteiger partial charge < -0.3 is 0 Å². The highest BCUT2D eigenvalue weighted by Gasteiger charge is 1.98. The first-order valence-corrected chi connectivity index (χ1v) is 4.27. The predicted octanol–water partition coefficient (Wildman–Crippen LogP) is 1.98. The number of hydrogen-bond donors (Lipinski definition) is 0. The maximum atomic E-state index is 5.67. The Labute approximate surface area is 72.3 Å². The van der Waals surface area contributed by atoms with Crippen LogP contribution < -0.4 is 0 Å². The molecule has 2 heterocycles. The average Bonchev–Trinajstić information content (AvgIpc) is 2.55. The van der Waals surface area contributed by atoms with Crippen LogP contribution in [0.1, 0.15) is 0 Å². The summed E-state index contributed by atoms with van der Waals surface area (Å²) >= 11 is 7.20. The summed E-state index contributed by atoms with van der Waals surface area (Å²) in [4.78, 5) is 4.06. The van der Waals surface area contributed by atoms with Crippen LogP contribution in [0.4, 0.5) is 0 Å². The zero-order valence-corrected chi connectivity index (χ0v) is 7.01. The maximum Gasteiger partial charge on any atom is 0.164 e. The summed E-state index contributed by atoms with van der Waals surface area (Å²) in [6.07, 6.45) is 3.30. The molecule has 0 aliphatic heterocycles. The van der Waals surface area contributed by atoms with Gasteiger partial charge in [-0.2, -0.15) is 5.10 Å². The van der Waals surface area contributed by atoms with E-state index in [9.17, 15) is 0 Å². The second kappa shape index (κ2) is 2.64. The molecule has 0 N–H and O–H groups in total. The minimum absolute atomic E-state index is 0.623. The van der Waals surface area contributed by atoms with E-state index in [1.165, 1.54) is 11.3 Å². The summed E-state index contributed by atoms with van der Waals surface area (Å²) in [7, 11) is 0. The summed E-state index contributed by atoms with van der Waals surface area (Å²) in [5.41, 5.74) is 1.75. The van der Waals surface area contributed by atoms with Crippen LogP contribution in [0.5, 0.6) is 0 Å². The molecule has 0 aliphatic rings. The Morgan fingerprint density at radius 3 is 3.00 bits per heavy atom. The molecule has 0 spiro atoms. The Hall–Kier alpha value is -0.870. The van der Waals surface area contributed by atoms with Gasteiger partial charge in [0.05, 0.1) is 22.9 Å². The van der Waals surface area contributed by atoms with Gasteiger partial charge in [-0.05, 0) is 0 Å². The summed E-state index contributed by atoms with van der Waals surface area (Å²) < 4.78 is 1.64. The molecule has 0 amide bonds. The van der Waals surface area contributed by atoms with E-state index in [4.69, 9.17) is 11.6 Å². The summed E-state index contributed by atoms with van der Waals surface area (Å²) in [6, 6.07) is 0. The lowest BCUT2D eigenvalue weighted by molar-refractivity contribution is 0.855. The summed E-state index contributed by atoms with van der Waals surface area (Å²) in [6.45, 7) is 0. The van der Waals surface area contributed by atoms with Crippen LogP contribution in [0.25, 0.3) is 5.82 Å². The van der Waals surface area contributed by atoms with Crippen molar-refractivity contribution < 1.29 is 0 Å². The lowest BCUT2D eigenvalue weighted by Crippen LogP contribution is -1.92. The normalized spacial score (nSPS) is 10.3. The van der Waals surface area contributed by atoms with Crippen LogP contribution in [0.2, 0.25) is 5.02 Å². The van der Waals surface area contributed by atoms with Crippen LogP contribution in [0.3, 0.4) is 0 Å². The lowest BCUT2D eigenvalue weighted by Gasteiger charge is -1.90. The third kappa shape index (κ3) is 1.27. The highest BCUT2D eigenvalue weighted by atomic mass is 35.5. The van der Waals surface area contributed by atoms with E-state index in [1.54, 1.807) is 22.6 Å². The fraction of sp³-hybridized carbons (Fsp3) is 0. The number of nitrogens with zero attached hydrogens (tertiary/aromatic N) is 3. The van der Waals surface area contributed by atoms with Gasteiger partial charge in [-0.25, -0.2) is 9.67 Å². The van der Waals surface area contributed by atoms with Crippen molar-refractivity contribution in [3.05, 3.63) is 28.3 Å². The minimum Gasteiger partial charge on any atom is -0.226 e. The monoisotopic (exact) mass is 185 g/mol. The number of rotatable bonds is 1. The molecule has 3 nitrogen and oxygen atoms in total. The molecule has 0 unspecified atom stereocenters. The van der Waals surface area contributed by atoms with Crippen molar-refractivity contribution in [2.75, 3.05) is 0 Å². The molecule has 5 heteroatoms. The fourth-order valence-corrected chi connectivity index (χ4v) is 1.40. The smallest absolute Gasteiger partial charge is 0.164 e. The molecule has 0 aromatic carbocycles. The fourth-order valence-electron chi connectivity index (χ4n) is 0.745. The zero-order valence-electron chi connectivity index (χ0n) is 5.44. The summed E-state index contributed by atoms with van der Waals surface area (Å²) in [5.74, 6) is 0.807. The largest absolute Gasteiger partial charge is 0.226 e. The standard InChI is InChI=1S/C6H4ClN3S/c7-5-1-9-10(2-5)6-3-11-4-8-6/h1-4H. The molecule has 0 radical (unpaired) electrons. The molecular formula is C6H4ClN3S. The Morgan fingerprint density at radius 2 is 2.45 bits per heavy atom. The Kier molecular flexibility index (Phi) is 1.63. The first kappa shape index (κ1) is 6.82. The van der Waals surface area contributed by atoms with E-state index in [-0.39, 0.29) is 0 Å². The Balaban J connectivity index is 2.45. The Morgan fingerprint density at radius 1 is 1.55 bits per heavy atom. The van der Waals surface area contributed by atoms with Crippen molar-refractivity contribution in [1.29, 1.82) is 0 Å². The van der Waals surface area contributed by atoms with Crippen LogP contribution in [-0.4, -0.2) is 14.8 Å². The van der Waals surface area contributed by atoms with Crippen molar-refractivity contribution in [2.24, 2.45) is 0 Å². The van der Waals surface area contributed by atoms with Crippen molar-refractivity contribution >= 4 is 22.9 Å². The highest BCUT2D eigenvalue weighted by Crippen LogP contribution is 2.10. The van der Waals surface area contributed by atoms with E-state index in [0.29, 0.717) is 5.02 Å². The first-order valence-electron chi connectivity index (χ1n) is 2.95. The van der Waals surface area contributed by atoms with E-state index < -0.39 is 0 Å². The van der Waals surface area contributed by atoms with Crippen molar-refractivity contribution in [1.82, 2.24) is 14.8 Å². The molecule has 0 aliphatic carbocycles. The van der Waals surface area contributed by atoms with Gasteiger partial charge >= 0.3 is 0 Å². The van der Waals surface area contributed by atoms with E-state index in [2.05, 4.69) is 10.1 Å². The van der Waals surface area contributed by atoms with Gasteiger partial charge in [-0.15, -0.1) is 11.3 Å². The molecule has 0 saturated heterocycles. The molecule has 56 valence electrons. The second-order valence-corrected chi connectivity index (χ2v) is 3.10. The topological polar surface area (TPSA) is 30.7 Å². The van der Waals surface area contributed by atoms with Crippen LogP contribution >= 0.6 is 22.9 Å². The van der Waals surface area contributed by atoms with Gasteiger partial charge in [-0.3, -0.25) is 0 Å². The van der Waals surface area contributed by atoms with Crippen molar-refractivity contribution in [2.45, 2.75) is 0 Å². The minimum atomic E-state index is 0.623. The molecule has 0 fully saturated rings. The number of hydrogen-bond acceptors (Lipinski definition) is 3. The van der Waals surface area contributed by atoms with Gasteiger partial charge in [0.15, 0.2) is 5.82 Å². The van der Waals surface area contributed by atoms with Crippen LogP contribution in [0.15, 0.2) is 23.3 Å². The van der Waals surface area contributed by atoms with E-state index in [1.807, 2.05) is 5.38 Å². The van der Waals surface area contributed by atoms with Gasteiger partial charge in [0.25, 0.3) is 0 Å². The third-order valence-corrected chi connectivity index (χ3v) is 1.97. The molecule has 2 aromatic heterocycles. The maximum absolute atomic E-state index is 5.67. The quantitative estimate of drug-likeness (QED) is 0.680. The first-order chi connectivity index (χ1) is 5.36. The Bertz CT molecular complexity index is 340. The average molecular weight is 186 g/mol. The van der Waals surface area contributed by atoms with Crippen molar-refractivity contribution in [3.8, 4) is 5.82 Å². The lowest BCUT2D eigenvalue weighted by atomic mass is 10.7. The molecule has 0 saturated carbocycles. The molecular weight excluding hydrogens is 182 g/mol. The van der Waals surface area contributed by atoms with Crippen molar-refractivity contribution in [3.63, 3.8) is 0 Å². The summed E-state index contributed by atoms with van der Waals surface area (Å²) in [5, 5.41) is 6.52. The van der Waals surface area contributed by atoms with Gasteiger partial charge in [0.1, 0.15) is 0 Å². The molecule has 2 aromatic rings. The molecule has 2 rings (SSSR count). The number of thiazole rings is 1. The van der Waals surface area contributed by atoms with Crippen LogP contribution in [-0.2, 0) is 0 Å². The number of aromatic nitrogens is 3. The van der Waals surface area contributed by atoms with Gasteiger partial charge in [0, 0.05) is 5.38 Å². The molecule has 0 bridgehead atoms. The van der Waals surface area contributed by atoms with Gasteiger partial charge in [0.2, 0.25) is 0 Å². The number of halogens is 1. The van der Waals surface area contributed by atoms with Crippen LogP contribution in [0, 0.1) is 0 Å².